The standard InChI is InChI=1S/C27H30N3O2/c1-5-15-29-18-9-7-11-21(31-3)23(18)26-24-19(10-8-12-22(24)32-4)30(16-6-2)27-17(28)13-14-20(29)25(26)27/h7-14H,5-6,15-16,28H2,1-4H3/q+1. The first-order chi connectivity index (χ1) is 15.7. The molecule has 0 bridgehead atoms. The molecule has 0 saturated carbocycles. The fourth-order valence-electron chi connectivity index (χ4n) is 5.24. The van der Waals surface area contributed by atoms with Gasteiger partial charge in [-0.05, 0) is 36.8 Å². The Kier molecular flexibility index (Phi) is 5.04. The van der Waals surface area contributed by atoms with Gasteiger partial charge in [0.1, 0.15) is 23.7 Å². The summed E-state index contributed by atoms with van der Waals surface area (Å²) in [4.78, 5) is 2.41. The lowest BCUT2D eigenvalue weighted by Crippen LogP contribution is -2.37. The zero-order chi connectivity index (χ0) is 22.4. The van der Waals surface area contributed by atoms with E-state index in [1.54, 1.807) is 14.2 Å². The molecule has 1 aliphatic heterocycles. The van der Waals surface area contributed by atoms with E-state index in [4.69, 9.17) is 15.2 Å². The number of aryl methyl sites for hydroxylation is 1. The number of pyridine rings is 1. The summed E-state index contributed by atoms with van der Waals surface area (Å²) in [6, 6.07) is 16.8. The molecule has 4 aromatic rings. The van der Waals surface area contributed by atoms with E-state index in [0.717, 1.165) is 76.4 Å². The van der Waals surface area contributed by atoms with Crippen molar-refractivity contribution in [2.45, 2.75) is 33.2 Å². The van der Waals surface area contributed by atoms with E-state index in [2.05, 4.69) is 53.6 Å². The lowest BCUT2D eigenvalue weighted by atomic mass is 9.88. The molecule has 1 aromatic heterocycles. The fraction of sp³-hybridized carbons (Fsp3) is 0.296. The third-order valence-corrected chi connectivity index (χ3v) is 6.42. The zero-order valence-electron chi connectivity index (χ0n) is 19.2. The molecule has 3 aromatic carbocycles. The van der Waals surface area contributed by atoms with Gasteiger partial charge in [0.2, 0.25) is 11.0 Å². The van der Waals surface area contributed by atoms with Crippen molar-refractivity contribution in [2.75, 3.05) is 31.4 Å². The second-order valence-electron chi connectivity index (χ2n) is 8.28. The average molecular weight is 429 g/mol. The van der Waals surface area contributed by atoms with E-state index in [1.807, 2.05) is 18.2 Å². The second-order valence-corrected chi connectivity index (χ2v) is 8.28. The Morgan fingerprint density at radius 2 is 1.56 bits per heavy atom. The minimum absolute atomic E-state index is 0.790. The highest BCUT2D eigenvalue weighted by Gasteiger charge is 2.35. The molecule has 2 heterocycles. The Morgan fingerprint density at radius 1 is 0.812 bits per heavy atom. The van der Waals surface area contributed by atoms with Crippen LogP contribution in [0, 0.1) is 0 Å². The number of anilines is 3. The van der Waals surface area contributed by atoms with Crippen LogP contribution < -0.4 is 24.7 Å². The quantitative estimate of drug-likeness (QED) is 0.239. The lowest BCUT2D eigenvalue weighted by molar-refractivity contribution is -0.644. The van der Waals surface area contributed by atoms with Crippen LogP contribution in [0.3, 0.4) is 0 Å². The molecule has 32 heavy (non-hydrogen) atoms. The molecule has 5 heteroatoms. The molecule has 0 fully saturated rings. The molecular formula is C27H30N3O2+. The smallest absolute Gasteiger partial charge is 0.238 e. The Morgan fingerprint density at radius 3 is 2.28 bits per heavy atom. The Hall–Kier alpha value is -3.47. The molecule has 2 N–H and O–H groups in total. The van der Waals surface area contributed by atoms with Crippen molar-refractivity contribution >= 4 is 38.9 Å². The number of ether oxygens (including phenoxy) is 2. The highest BCUT2D eigenvalue weighted by molar-refractivity contribution is 6.21. The van der Waals surface area contributed by atoms with Gasteiger partial charge in [0.05, 0.1) is 36.4 Å². The summed E-state index contributed by atoms with van der Waals surface area (Å²) in [5.74, 6) is 1.72. The van der Waals surface area contributed by atoms with Crippen LogP contribution in [0.5, 0.6) is 11.5 Å². The van der Waals surface area contributed by atoms with Gasteiger partial charge in [-0.2, -0.15) is 4.57 Å². The van der Waals surface area contributed by atoms with Crippen molar-refractivity contribution in [3.63, 3.8) is 0 Å². The first kappa shape index (κ1) is 20.4. The van der Waals surface area contributed by atoms with Crippen molar-refractivity contribution in [2.24, 2.45) is 0 Å². The maximum absolute atomic E-state index is 6.67. The summed E-state index contributed by atoms with van der Waals surface area (Å²) in [5, 5.41) is 2.27. The molecule has 0 radical (unpaired) electrons. The van der Waals surface area contributed by atoms with Gasteiger partial charge < -0.3 is 20.1 Å². The van der Waals surface area contributed by atoms with Crippen LogP contribution in [0.15, 0.2) is 48.5 Å². The monoisotopic (exact) mass is 428 g/mol. The largest absolute Gasteiger partial charge is 0.496 e. The molecule has 164 valence electrons. The van der Waals surface area contributed by atoms with Crippen LogP contribution in [0.4, 0.5) is 17.1 Å². The van der Waals surface area contributed by atoms with Crippen LogP contribution >= 0.6 is 0 Å². The van der Waals surface area contributed by atoms with Gasteiger partial charge in [0.25, 0.3) is 0 Å². The molecule has 0 unspecified atom stereocenters. The van der Waals surface area contributed by atoms with E-state index in [1.165, 1.54) is 11.1 Å². The topological polar surface area (TPSA) is 51.6 Å². The second kappa shape index (κ2) is 7.90. The average Bonchev–Trinajstić information content (AvgIpc) is 2.82. The maximum atomic E-state index is 6.67. The number of nitrogens with two attached hydrogens (primary N) is 1. The van der Waals surface area contributed by atoms with Gasteiger partial charge >= 0.3 is 0 Å². The lowest BCUT2D eigenvalue weighted by Gasteiger charge is -2.34. The van der Waals surface area contributed by atoms with Crippen LogP contribution in [0.2, 0.25) is 0 Å². The summed E-state index contributed by atoms with van der Waals surface area (Å²) in [5.41, 5.74) is 14.3. The van der Waals surface area contributed by atoms with Crippen molar-refractivity contribution in [3.05, 3.63) is 48.5 Å². The molecule has 0 amide bonds. The third-order valence-electron chi connectivity index (χ3n) is 6.42. The molecular weight excluding hydrogens is 398 g/mol. The summed E-state index contributed by atoms with van der Waals surface area (Å²) in [6.07, 6.45) is 2.04. The summed E-state index contributed by atoms with van der Waals surface area (Å²) >= 11 is 0. The number of benzene rings is 3. The number of methoxy groups -OCH3 is 2. The van der Waals surface area contributed by atoms with Gasteiger partial charge in [0, 0.05) is 30.2 Å². The highest BCUT2D eigenvalue weighted by Crippen LogP contribution is 2.54. The number of nitrogens with zero attached hydrogens (tertiary/aromatic N) is 2. The SMILES string of the molecule is CCCN1c2cccc(OC)c2-c2c3c(OC)cccc3[n+](CCC)c3c(N)ccc1c23. The first-order valence-electron chi connectivity index (χ1n) is 11.4. The number of hydrogen-bond acceptors (Lipinski definition) is 4. The fourth-order valence-corrected chi connectivity index (χ4v) is 5.24. The van der Waals surface area contributed by atoms with Crippen molar-refractivity contribution < 1.29 is 14.0 Å². The molecule has 0 saturated heterocycles. The minimum atomic E-state index is 0.790. The Balaban J connectivity index is 2.11. The predicted molar refractivity (Wildman–Crippen MR) is 132 cm³/mol. The number of hydrogen-bond donors (Lipinski definition) is 1. The van der Waals surface area contributed by atoms with Gasteiger partial charge in [-0.25, -0.2) is 0 Å². The number of rotatable bonds is 6. The van der Waals surface area contributed by atoms with Gasteiger partial charge in [0.15, 0.2) is 0 Å². The van der Waals surface area contributed by atoms with E-state index in [9.17, 15) is 0 Å². The summed E-state index contributed by atoms with van der Waals surface area (Å²) in [7, 11) is 3.48. The van der Waals surface area contributed by atoms with Gasteiger partial charge in [-0.3, -0.25) is 0 Å². The highest BCUT2D eigenvalue weighted by atomic mass is 16.5. The third kappa shape index (κ3) is 2.73. The summed E-state index contributed by atoms with van der Waals surface area (Å²) in [6.45, 7) is 6.20. The van der Waals surface area contributed by atoms with Gasteiger partial charge in [-0.15, -0.1) is 0 Å². The van der Waals surface area contributed by atoms with Crippen LogP contribution in [0.25, 0.3) is 32.9 Å². The minimum Gasteiger partial charge on any atom is -0.496 e. The summed E-state index contributed by atoms with van der Waals surface area (Å²) < 4.78 is 14.2. The van der Waals surface area contributed by atoms with E-state index in [0.29, 0.717) is 0 Å². The number of fused-ring (bicyclic) bond motifs is 4. The maximum Gasteiger partial charge on any atom is 0.238 e. The van der Waals surface area contributed by atoms with Crippen molar-refractivity contribution in [1.29, 1.82) is 0 Å². The predicted octanol–water partition coefficient (Wildman–Crippen LogP) is 5.82. The van der Waals surface area contributed by atoms with Crippen LogP contribution in [-0.2, 0) is 6.54 Å². The van der Waals surface area contributed by atoms with E-state index >= 15 is 0 Å². The number of nitrogen functional groups attached to an aromatic ring is 1. The molecule has 5 rings (SSSR count). The van der Waals surface area contributed by atoms with Crippen molar-refractivity contribution in [3.8, 4) is 22.6 Å². The van der Waals surface area contributed by atoms with E-state index < -0.39 is 0 Å². The normalized spacial score (nSPS) is 12.3. The molecule has 5 nitrogen and oxygen atoms in total. The molecule has 0 aliphatic carbocycles. The molecule has 0 spiro atoms. The first-order valence-corrected chi connectivity index (χ1v) is 11.4. The Labute approximate surface area is 189 Å². The van der Waals surface area contributed by atoms with Crippen LogP contribution in [0.1, 0.15) is 26.7 Å². The molecule has 1 aliphatic rings. The van der Waals surface area contributed by atoms with Crippen molar-refractivity contribution in [1.82, 2.24) is 0 Å². The Bertz CT molecular complexity index is 1350. The zero-order valence-corrected chi connectivity index (χ0v) is 19.2. The number of aromatic nitrogens is 1. The molecule has 0 atom stereocenters. The van der Waals surface area contributed by atoms with E-state index in [-0.39, 0.29) is 0 Å². The van der Waals surface area contributed by atoms with Crippen LogP contribution in [-0.4, -0.2) is 20.8 Å². The van der Waals surface area contributed by atoms with Gasteiger partial charge in [-0.1, -0.05) is 26.0 Å².